The zero-order valence-electron chi connectivity index (χ0n) is 14.3. The fraction of sp³-hybridized carbons (Fsp3) is 0.588. The molecule has 142 valence electrons. The summed E-state index contributed by atoms with van der Waals surface area (Å²) in [6.07, 6.45) is 3.12. The van der Waals surface area contributed by atoms with E-state index < -0.39 is 0 Å². The van der Waals surface area contributed by atoms with Gasteiger partial charge in [0, 0.05) is 36.4 Å². The first kappa shape index (κ1) is 22.8. The summed E-state index contributed by atoms with van der Waals surface area (Å²) < 4.78 is 11.1. The van der Waals surface area contributed by atoms with Gasteiger partial charge < -0.3 is 20.5 Å². The second kappa shape index (κ2) is 12.2. The third-order valence-electron chi connectivity index (χ3n) is 3.90. The topological polar surface area (TPSA) is 68.9 Å². The van der Waals surface area contributed by atoms with Gasteiger partial charge in [0.1, 0.15) is 0 Å². The average Bonchev–Trinajstić information content (AvgIpc) is 2.55. The Balaban J connectivity index is 0.00000312. The molecule has 1 unspecified atom stereocenters. The molecule has 0 aliphatic carbocycles. The van der Waals surface area contributed by atoms with Gasteiger partial charge in [-0.2, -0.15) is 0 Å². The minimum atomic E-state index is -0.0444. The van der Waals surface area contributed by atoms with E-state index in [2.05, 4.69) is 10.3 Å². The number of rotatable bonds is 7. The summed E-state index contributed by atoms with van der Waals surface area (Å²) in [6.45, 7) is 4.89. The van der Waals surface area contributed by atoms with Crippen molar-refractivity contribution in [3.63, 3.8) is 0 Å². The molecule has 0 saturated carbocycles. The third kappa shape index (κ3) is 8.30. The van der Waals surface area contributed by atoms with Gasteiger partial charge in [-0.25, -0.2) is 0 Å². The summed E-state index contributed by atoms with van der Waals surface area (Å²) >= 11 is 12.1. The van der Waals surface area contributed by atoms with Crippen LogP contribution in [0.4, 0.5) is 0 Å². The number of nitrogens with one attached hydrogen (secondary N) is 1. The van der Waals surface area contributed by atoms with Crippen LogP contribution >= 0.6 is 47.2 Å². The molecule has 2 rings (SSSR count). The van der Waals surface area contributed by atoms with Gasteiger partial charge in [-0.3, -0.25) is 4.99 Å². The minimum Gasteiger partial charge on any atom is -0.381 e. The average molecular weight is 502 g/mol. The molecule has 1 aliphatic heterocycles. The second-order valence-electron chi connectivity index (χ2n) is 5.83. The van der Waals surface area contributed by atoms with Crippen LogP contribution in [0.3, 0.4) is 0 Å². The van der Waals surface area contributed by atoms with Crippen LogP contribution in [0.1, 0.15) is 37.8 Å². The number of benzene rings is 1. The van der Waals surface area contributed by atoms with Gasteiger partial charge in [-0.15, -0.1) is 24.0 Å². The molecule has 0 aromatic heterocycles. The van der Waals surface area contributed by atoms with E-state index in [0.717, 1.165) is 38.0 Å². The Morgan fingerprint density at radius 1 is 1.40 bits per heavy atom. The number of ether oxygens (including phenoxy) is 2. The van der Waals surface area contributed by atoms with Crippen molar-refractivity contribution in [3.8, 4) is 0 Å². The number of nitrogens with zero attached hydrogens (tertiary/aromatic N) is 1. The molecule has 1 aromatic rings. The van der Waals surface area contributed by atoms with E-state index in [-0.39, 0.29) is 30.0 Å². The van der Waals surface area contributed by atoms with E-state index in [0.29, 0.717) is 35.3 Å². The lowest BCUT2D eigenvalue weighted by Gasteiger charge is -2.22. The Kier molecular flexibility index (Phi) is 11.1. The first-order valence-electron chi connectivity index (χ1n) is 8.27. The lowest BCUT2D eigenvalue weighted by molar-refractivity contribution is -0.0318. The number of hydrogen-bond donors (Lipinski definition) is 2. The highest BCUT2D eigenvalue weighted by molar-refractivity contribution is 14.0. The van der Waals surface area contributed by atoms with E-state index in [1.807, 2.05) is 19.1 Å². The van der Waals surface area contributed by atoms with E-state index in [9.17, 15) is 0 Å². The second-order valence-corrected chi connectivity index (χ2v) is 6.68. The first-order chi connectivity index (χ1) is 11.6. The molecular weight excluding hydrogens is 476 g/mol. The highest BCUT2D eigenvalue weighted by Crippen LogP contribution is 2.25. The van der Waals surface area contributed by atoms with Gasteiger partial charge >= 0.3 is 0 Å². The van der Waals surface area contributed by atoms with Gasteiger partial charge in [0.15, 0.2) is 5.96 Å². The van der Waals surface area contributed by atoms with Crippen LogP contribution < -0.4 is 11.1 Å². The van der Waals surface area contributed by atoms with Crippen LogP contribution in [0, 0.1) is 0 Å². The molecule has 1 aliphatic rings. The summed E-state index contributed by atoms with van der Waals surface area (Å²) in [6, 6.07) is 5.37. The van der Waals surface area contributed by atoms with Gasteiger partial charge in [-0.1, -0.05) is 29.3 Å². The van der Waals surface area contributed by atoms with E-state index in [1.54, 1.807) is 6.07 Å². The molecule has 1 fully saturated rings. The summed E-state index contributed by atoms with van der Waals surface area (Å²) in [5.41, 5.74) is 6.86. The van der Waals surface area contributed by atoms with Crippen molar-refractivity contribution in [1.29, 1.82) is 0 Å². The number of hydrogen-bond acceptors (Lipinski definition) is 3. The highest BCUT2D eigenvalue weighted by Gasteiger charge is 2.13. The predicted octanol–water partition coefficient (Wildman–Crippen LogP) is 4.16. The van der Waals surface area contributed by atoms with Gasteiger partial charge in [0.2, 0.25) is 0 Å². The van der Waals surface area contributed by atoms with E-state index in [4.69, 9.17) is 38.4 Å². The van der Waals surface area contributed by atoms with Crippen molar-refractivity contribution < 1.29 is 9.47 Å². The Morgan fingerprint density at radius 3 is 2.80 bits per heavy atom. The first-order valence-corrected chi connectivity index (χ1v) is 9.02. The SMILES string of the molecule is CC(NC(N)=NCCCOC1CCOCC1)c1ccc(Cl)cc1Cl.I. The summed E-state index contributed by atoms with van der Waals surface area (Å²) in [5, 5.41) is 4.36. The van der Waals surface area contributed by atoms with Crippen molar-refractivity contribution in [2.75, 3.05) is 26.4 Å². The molecule has 25 heavy (non-hydrogen) atoms. The Morgan fingerprint density at radius 2 is 2.12 bits per heavy atom. The van der Waals surface area contributed by atoms with Crippen LogP contribution in [0.5, 0.6) is 0 Å². The van der Waals surface area contributed by atoms with Crippen molar-refractivity contribution in [3.05, 3.63) is 33.8 Å². The molecule has 5 nitrogen and oxygen atoms in total. The molecule has 1 saturated heterocycles. The Hall–Kier alpha value is -0.280. The highest BCUT2D eigenvalue weighted by atomic mass is 127. The lowest BCUT2D eigenvalue weighted by Crippen LogP contribution is -2.34. The van der Waals surface area contributed by atoms with Gasteiger partial charge in [-0.05, 0) is 43.9 Å². The third-order valence-corrected chi connectivity index (χ3v) is 4.46. The number of aliphatic imine (C=N–C) groups is 1. The molecule has 8 heteroatoms. The maximum absolute atomic E-state index is 6.20. The van der Waals surface area contributed by atoms with Crippen molar-refractivity contribution in [2.45, 2.75) is 38.3 Å². The van der Waals surface area contributed by atoms with Crippen molar-refractivity contribution in [1.82, 2.24) is 5.32 Å². The van der Waals surface area contributed by atoms with Crippen LogP contribution in [0.25, 0.3) is 0 Å². The van der Waals surface area contributed by atoms with E-state index >= 15 is 0 Å². The predicted molar refractivity (Wildman–Crippen MR) is 114 cm³/mol. The maximum Gasteiger partial charge on any atom is 0.189 e. The monoisotopic (exact) mass is 501 g/mol. The number of guanidine groups is 1. The smallest absolute Gasteiger partial charge is 0.189 e. The van der Waals surface area contributed by atoms with Gasteiger partial charge in [0.05, 0.1) is 12.1 Å². The summed E-state index contributed by atoms with van der Waals surface area (Å²) in [7, 11) is 0. The van der Waals surface area contributed by atoms with Gasteiger partial charge in [0.25, 0.3) is 0 Å². The normalized spacial score (nSPS) is 17.0. The number of halogens is 3. The maximum atomic E-state index is 6.20. The Labute approximate surface area is 176 Å². The van der Waals surface area contributed by atoms with E-state index in [1.165, 1.54) is 0 Å². The minimum absolute atomic E-state index is 0. The van der Waals surface area contributed by atoms with Crippen molar-refractivity contribution >= 4 is 53.1 Å². The molecule has 0 radical (unpaired) electrons. The molecule has 1 aromatic carbocycles. The fourth-order valence-corrected chi connectivity index (χ4v) is 3.13. The van der Waals surface area contributed by atoms with Crippen LogP contribution in [0.15, 0.2) is 23.2 Å². The van der Waals surface area contributed by atoms with Crippen LogP contribution in [0.2, 0.25) is 10.0 Å². The summed E-state index contributed by atoms with van der Waals surface area (Å²) in [4.78, 5) is 4.33. The largest absolute Gasteiger partial charge is 0.381 e. The van der Waals surface area contributed by atoms with Crippen molar-refractivity contribution in [2.24, 2.45) is 10.7 Å². The molecule has 1 atom stereocenters. The molecular formula is C17H26Cl2IN3O2. The fourth-order valence-electron chi connectivity index (χ4n) is 2.55. The Bertz CT molecular complexity index is 555. The van der Waals surface area contributed by atoms with Crippen LogP contribution in [-0.4, -0.2) is 38.4 Å². The molecule has 0 amide bonds. The van der Waals surface area contributed by atoms with Crippen LogP contribution in [-0.2, 0) is 9.47 Å². The zero-order valence-corrected chi connectivity index (χ0v) is 18.2. The standard InChI is InChI=1S/C17H25Cl2N3O2.HI/c1-12(15-4-3-13(18)11-16(15)19)22-17(20)21-7-2-8-24-14-5-9-23-10-6-14;/h3-4,11-12,14H,2,5-10H2,1H3,(H3,20,21,22);1H. The number of nitrogens with two attached hydrogens (primary N) is 1. The molecule has 0 spiro atoms. The summed E-state index contributed by atoms with van der Waals surface area (Å²) in [5.74, 6) is 0.402. The zero-order chi connectivity index (χ0) is 17.4. The molecule has 1 heterocycles. The molecule has 3 N–H and O–H groups in total. The molecule has 0 bridgehead atoms. The quantitative estimate of drug-likeness (QED) is 0.255. The lowest BCUT2D eigenvalue weighted by atomic mass is 10.1.